The molecule has 3 nitrogen and oxygen atoms in total. The van der Waals surface area contributed by atoms with E-state index in [1.807, 2.05) is 4.90 Å². The zero-order chi connectivity index (χ0) is 10.1. The van der Waals surface area contributed by atoms with E-state index in [0.29, 0.717) is 17.9 Å². The van der Waals surface area contributed by atoms with Crippen molar-refractivity contribution in [1.29, 1.82) is 0 Å². The van der Waals surface area contributed by atoms with Gasteiger partial charge in [-0.25, -0.2) is 0 Å². The molecule has 0 aromatic rings. The number of carbonyl (C=O) groups excluding carboxylic acids is 1. The van der Waals surface area contributed by atoms with Crippen molar-refractivity contribution in [3.8, 4) is 0 Å². The van der Waals surface area contributed by atoms with Crippen molar-refractivity contribution in [2.24, 2.45) is 11.8 Å². The standard InChI is InChI=1S/C11H19NO2/c1-8(14)12-6-5-11(12)10(7-13)9-3-2-4-9/h9-11,13H,2-7H2,1H3. The molecule has 0 aromatic heterocycles. The molecular weight excluding hydrogens is 178 g/mol. The molecule has 2 atom stereocenters. The van der Waals surface area contributed by atoms with Crippen LogP contribution in [0.2, 0.25) is 0 Å². The largest absolute Gasteiger partial charge is 0.396 e. The van der Waals surface area contributed by atoms with Crippen LogP contribution in [0, 0.1) is 11.8 Å². The molecule has 1 saturated carbocycles. The summed E-state index contributed by atoms with van der Waals surface area (Å²) in [6.07, 6.45) is 4.87. The van der Waals surface area contributed by atoms with Crippen LogP contribution in [0.4, 0.5) is 0 Å². The van der Waals surface area contributed by atoms with Gasteiger partial charge in [0.2, 0.25) is 5.91 Å². The molecule has 0 bridgehead atoms. The van der Waals surface area contributed by atoms with Gasteiger partial charge in [-0.15, -0.1) is 0 Å². The molecule has 0 spiro atoms. The van der Waals surface area contributed by atoms with E-state index in [2.05, 4.69) is 0 Å². The number of aliphatic hydroxyl groups excluding tert-OH is 1. The third-order valence-corrected chi connectivity index (χ3v) is 3.93. The highest BCUT2D eigenvalue weighted by atomic mass is 16.3. The molecule has 1 saturated heterocycles. The van der Waals surface area contributed by atoms with Crippen LogP contribution in [0.5, 0.6) is 0 Å². The monoisotopic (exact) mass is 197 g/mol. The van der Waals surface area contributed by atoms with Gasteiger partial charge in [-0.3, -0.25) is 4.79 Å². The van der Waals surface area contributed by atoms with Gasteiger partial charge < -0.3 is 10.0 Å². The summed E-state index contributed by atoms with van der Waals surface area (Å²) in [5.41, 5.74) is 0. The number of rotatable bonds is 3. The van der Waals surface area contributed by atoms with Crippen molar-refractivity contribution in [3.05, 3.63) is 0 Å². The lowest BCUT2D eigenvalue weighted by atomic mass is 9.70. The molecule has 2 aliphatic rings. The summed E-state index contributed by atoms with van der Waals surface area (Å²) in [5.74, 6) is 1.19. The Morgan fingerprint density at radius 1 is 1.50 bits per heavy atom. The normalized spacial score (nSPS) is 29.3. The SMILES string of the molecule is CC(=O)N1CCC1C(CO)C1CCC1. The Kier molecular flexibility index (Phi) is 2.77. The summed E-state index contributed by atoms with van der Waals surface area (Å²) in [6, 6.07) is 0.336. The van der Waals surface area contributed by atoms with E-state index in [1.54, 1.807) is 6.92 Å². The topological polar surface area (TPSA) is 40.5 Å². The Morgan fingerprint density at radius 2 is 2.21 bits per heavy atom. The Hall–Kier alpha value is -0.570. The summed E-state index contributed by atoms with van der Waals surface area (Å²) >= 11 is 0. The number of likely N-dealkylation sites (tertiary alicyclic amines) is 1. The van der Waals surface area contributed by atoms with Crippen LogP contribution in [-0.2, 0) is 4.79 Å². The second-order valence-electron chi connectivity index (χ2n) is 4.61. The highest BCUT2D eigenvalue weighted by Gasteiger charge is 2.41. The van der Waals surface area contributed by atoms with Gasteiger partial charge in [-0.1, -0.05) is 19.3 Å². The Balaban J connectivity index is 1.94. The number of hydrogen-bond donors (Lipinski definition) is 1. The number of amides is 1. The smallest absolute Gasteiger partial charge is 0.219 e. The van der Waals surface area contributed by atoms with Gasteiger partial charge in [0, 0.05) is 32.0 Å². The van der Waals surface area contributed by atoms with E-state index in [0.717, 1.165) is 13.0 Å². The van der Waals surface area contributed by atoms with Crippen molar-refractivity contribution in [3.63, 3.8) is 0 Å². The molecule has 0 aromatic carbocycles. The molecule has 1 amide bonds. The zero-order valence-electron chi connectivity index (χ0n) is 8.78. The van der Waals surface area contributed by atoms with Gasteiger partial charge >= 0.3 is 0 Å². The van der Waals surface area contributed by atoms with Crippen LogP contribution >= 0.6 is 0 Å². The third kappa shape index (κ3) is 1.54. The van der Waals surface area contributed by atoms with Gasteiger partial charge in [0.15, 0.2) is 0 Å². The molecule has 1 N–H and O–H groups in total. The quantitative estimate of drug-likeness (QED) is 0.733. The van der Waals surface area contributed by atoms with Gasteiger partial charge in [0.25, 0.3) is 0 Å². The fraction of sp³-hybridized carbons (Fsp3) is 0.909. The fourth-order valence-corrected chi connectivity index (χ4v) is 2.70. The average Bonchev–Trinajstić information content (AvgIpc) is 1.96. The van der Waals surface area contributed by atoms with E-state index in [-0.39, 0.29) is 12.5 Å². The Morgan fingerprint density at radius 3 is 2.50 bits per heavy atom. The van der Waals surface area contributed by atoms with Crippen LogP contribution in [0.3, 0.4) is 0 Å². The minimum absolute atomic E-state index is 0.166. The fourth-order valence-electron chi connectivity index (χ4n) is 2.70. The number of aliphatic hydroxyl groups is 1. The van der Waals surface area contributed by atoms with Crippen molar-refractivity contribution in [2.75, 3.05) is 13.2 Å². The predicted octanol–water partition coefficient (Wildman–Crippen LogP) is 1.02. The lowest BCUT2D eigenvalue weighted by molar-refractivity contribution is -0.141. The molecular formula is C11H19NO2. The summed E-state index contributed by atoms with van der Waals surface area (Å²) in [7, 11) is 0. The zero-order valence-corrected chi connectivity index (χ0v) is 8.78. The van der Waals surface area contributed by atoms with E-state index in [9.17, 15) is 9.90 Å². The van der Waals surface area contributed by atoms with E-state index in [4.69, 9.17) is 0 Å². The molecule has 1 heterocycles. The first-order valence-electron chi connectivity index (χ1n) is 5.62. The minimum Gasteiger partial charge on any atom is -0.396 e. The minimum atomic E-state index is 0.166. The first kappa shape index (κ1) is 9.97. The maximum Gasteiger partial charge on any atom is 0.219 e. The Labute approximate surface area is 85.1 Å². The van der Waals surface area contributed by atoms with Crippen LogP contribution in [-0.4, -0.2) is 35.1 Å². The van der Waals surface area contributed by atoms with E-state index in [1.165, 1.54) is 19.3 Å². The molecule has 1 aliphatic heterocycles. The average molecular weight is 197 g/mol. The van der Waals surface area contributed by atoms with Gasteiger partial charge in [-0.2, -0.15) is 0 Å². The molecule has 14 heavy (non-hydrogen) atoms. The maximum absolute atomic E-state index is 11.2. The van der Waals surface area contributed by atoms with Crippen LogP contribution < -0.4 is 0 Å². The highest BCUT2D eigenvalue weighted by molar-refractivity contribution is 5.74. The van der Waals surface area contributed by atoms with Gasteiger partial charge in [-0.05, 0) is 12.3 Å². The first-order chi connectivity index (χ1) is 6.74. The van der Waals surface area contributed by atoms with Crippen molar-refractivity contribution < 1.29 is 9.90 Å². The second kappa shape index (κ2) is 3.89. The third-order valence-electron chi connectivity index (χ3n) is 3.93. The van der Waals surface area contributed by atoms with Gasteiger partial charge in [0.05, 0.1) is 0 Å². The summed E-state index contributed by atoms with van der Waals surface area (Å²) in [6.45, 7) is 2.77. The molecule has 2 fully saturated rings. The van der Waals surface area contributed by atoms with E-state index >= 15 is 0 Å². The molecule has 2 unspecified atom stereocenters. The predicted molar refractivity (Wildman–Crippen MR) is 53.7 cm³/mol. The molecule has 1 aliphatic carbocycles. The van der Waals surface area contributed by atoms with Crippen molar-refractivity contribution in [1.82, 2.24) is 4.90 Å². The maximum atomic E-state index is 11.2. The molecule has 2 rings (SSSR count). The summed E-state index contributed by atoms with van der Waals surface area (Å²) in [4.78, 5) is 13.1. The van der Waals surface area contributed by atoms with Crippen molar-refractivity contribution >= 4 is 5.91 Å². The molecule has 3 heteroatoms. The van der Waals surface area contributed by atoms with Crippen LogP contribution in [0.25, 0.3) is 0 Å². The lowest BCUT2D eigenvalue weighted by Gasteiger charge is -2.48. The lowest BCUT2D eigenvalue weighted by Crippen LogP contribution is -2.56. The van der Waals surface area contributed by atoms with E-state index < -0.39 is 0 Å². The number of nitrogens with zero attached hydrogens (tertiary/aromatic N) is 1. The summed E-state index contributed by atoms with van der Waals surface area (Å²) in [5, 5.41) is 9.36. The van der Waals surface area contributed by atoms with Crippen molar-refractivity contribution in [2.45, 2.75) is 38.6 Å². The molecule has 0 radical (unpaired) electrons. The number of carbonyl (C=O) groups is 1. The van der Waals surface area contributed by atoms with Gasteiger partial charge in [0.1, 0.15) is 0 Å². The first-order valence-corrected chi connectivity index (χ1v) is 5.62. The summed E-state index contributed by atoms with van der Waals surface area (Å²) < 4.78 is 0. The van der Waals surface area contributed by atoms with Crippen LogP contribution in [0.15, 0.2) is 0 Å². The highest BCUT2D eigenvalue weighted by Crippen LogP contribution is 2.39. The van der Waals surface area contributed by atoms with Crippen LogP contribution in [0.1, 0.15) is 32.6 Å². The second-order valence-corrected chi connectivity index (χ2v) is 4.61. The number of hydrogen-bond acceptors (Lipinski definition) is 2. The Bertz CT molecular complexity index is 225. The molecule has 80 valence electrons.